The van der Waals surface area contributed by atoms with Gasteiger partial charge in [0, 0.05) is 0 Å². The lowest BCUT2D eigenvalue weighted by molar-refractivity contribution is 0.155. The van der Waals surface area contributed by atoms with Crippen LogP contribution in [0.2, 0.25) is 0 Å². The highest BCUT2D eigenvalue weighted by molar-refractivity contribution is 5.77. The fourth-order valence-electron chi connectivity index (χ4n) is 0.965. The maximum atomic E-state index is 9.07. The van der Waals surface area contributed by atoms with Crippen LogP contribution in [0, 0.1) is 5.53 Å². The quantitative estimate of drug-likeness (QED) is 0.491. The number of rotatable bonds is 1. The average Bonchev–Trinajstić information content (AvgIpc) is 2.47. The monoisotopic (exact) mass is 163 g/mol. The molecule has 0 aliphatic rings. The molecule has 0 bridgehead atoms. The summed E-state index contributed by atoms with van der Waals surface area (Å²) in [5.41, 5.74) is 8.22. The van der Waals surface area contributed by atoms with Crippen molar-refractivity contribution in [2.75, 3.05) is 0 Å². The Morgan fingerprint density at radius 2 is 2.33 bits per heavy atom. The fraction of sp³-hybridized carbons (Fsp3) is 0. The van der Waals surface area contributed by atoms with Crippen LogP contribution in [0.25, 0.3) is 11.0 Å². The summed E-state index contributed by atoms with van der Waals surface area (Å²) in [5.74, 6) is 0. The third kappa shape index (κ3) is 0.815. The topological polar surface area (TPSA) is 87.2 Å². The van der Waals surface area contributed by atoms with Crippen LogP contribution in [0.4, 0.5) is 5.69 Å². The molecule has 0 unspecified atom stereocenters. The minimum Gasteiger partial charge on any atom is -0.410 e. The molecule has 0 saturated carbocycles. The normalized spacial score (nSPS) is 10.3. The van der Waals surface area contributed by atoms with Crippen LogP contribution in [0.3, 0.4) is 0 Å². The van der Waals surface area contributed by atoms with E-state index < -0.39 is 0 Å². The summed E-state index contributed by atoms with van der Waals surface area (Å²) in [4.78, 5) is 0.657. The Morgan fingerprint density at radius 1 is 1.50 bits per heavy atom. The number of benzene rings is 1. The van der Waals surface area contributed by atoms with E-state index in [0.717, 1.165) is 0 Å². The molecule has 60 valence electrons. The molecule has 0 fully saturated rings. The summed E-state index contributed by atoms with van der Waals surface area (Å²) in [5, 5.41) is 19.3. The number of hydrogen-bond donors (Lipinski definition) is 2. The first kappa shape index (κ1) is 6.71. The predicted molar refractivity (Wildman–Crippen MR) is 39.5 cm³/mol. The van der Waals surface area contributed by atoms with Gasteiger partial charge >= 0.3 is 0 Å². The highest BCUT2D eigenvalue weighted by Crippen LogP contribution is 2.17. The predicted octanol–water partition coefficient (Wildman–Crippen LogP) is 1.33. The van der Waals surface area contributed by atoms with Gasteiger partial charge in [0.1, 0.15) is 11.0 Å². The van der Waals surface area contributed by atoms with E-state index in [1.807, 2.05) is 0 Å². The molecule has 1 heterocycles. The Bertz CT molecular complexity index is 434. The van der Waals surface area contributed by atoms with E-state index in [9.17, 15) is 0 Å². The summed E-state index contributed by atoms with van der Waals surface area (Å²) in [6.45, 7) is 0. The van der Waals surface area contributed by atoms with Crippen LogP contribution in [0.15, 0.2) is 23.3 Å². The summed E-state index contributed by atoms with van der Waals surface area (Å²) < 4.78 is 0. The number of nitrogens with one attached hydrogen (secondary N) is 1. The highest BCUT2D eigenvalue weighted by Gasteiger charge is 2.02. The highest BCUT2D eigenvalue weighted by atomic mass is 16.5. The van der Waals surface area contributed by atoms with Crippen LogP contribution in [0.1, 0.15) is 0 Å². The average molecular weight is 163 g/mol. The van der Waals surface area contributed by atoms with E-state index in [1.165, 1.54) is 6.07 Å². The summed E-state index contributed by atoms with van der Waals surface area (Å²) in [6.07, 6.45) is 0. The first-order valence-electron chi connectivity index (χ1n) is 3.23. The molecule has 0 spiro atoms. The summed E-state index contributed by atoms with van der Waals surface area (Å²) in [7, 11) is 0. The van der Waals surface area contributed by atoms with Gasteiger partial charge in [0.25, 0.3) is 0 Å². The number of hydrogen-bond acceptors (Lipinski definition) is 5. The van der Waals surface area contributed by atoms with Gasteiger partial charge in [-0.3, -0.25) is 0 Å². The van der Waals surface area contributed by atoms with Crippen LogP contribution >= 0.6 is 0 Å². The zero-order valence-corrected chi connectivity index (χ0v) is 5.97. The van der Waals surface area contributed by atoms with Crippen molar-refractivity contribution in [1.82, 2.24) is 15.2 Å². The smallest absolute Gasteiger partial charge is 0.132 e. The van der Waals surface area contributed by atoms with Crippen molar-refractivity contribution in [2.24, 2.45) is 5.11 Å². The van der Waals surface area contributed by atoms with Crippen LogP contribution in [-0.4, -0.2) is 20.4 Å². The summed E-state index contributed by atoms with van der Waals surface area (Å²) >= 11 is 0. The Labute approximate surface area is 66.9 Å². The van der Waals surface area contributed by atoms with Crippen molar-refractivity contribution in [3.05, 3.63) is 18.2 Å². The second kappa shape index (κ2) is 2.26. The van der Waals surface area contributed by atoms with Crippen molar-refractivity contribution in [2.45, 2.75) is 0 Å². The van der Waals surface area contributed by atoms with Crippen molar-refractivity contribution in [1.29, 1.82) is 5.53 Å². The summed E-state index contributed by atoms with van der Waals surface area (Å²) in [6, 6.07) is 4.80. The Hall–Kier alpha value is -1.98. The second-order valence-electron chi connectivity index (χ2n) is 2.26. The molecule has 1 aromatic carbocycles. The third-order valence-electron chi connectivity index (χ3n) is 1.54. The molecular formula is C6H5N5O. The van der Waals surface area contributed by atoms with Crippen LogP contribution in [0.5, 0.6) is 0 Å². The number of nitrogens with zero attached hydrogens (tertiary/aromatic N) is 4. The zero-order valence-electron chi connectivity index (χ0n) is 5.97. The fourth-order valence-corrected chi connectivity index (χ4v) is 0.965. The van der Waals surface area contributed by atoms with Gasteiger partial charge in [-0.05, 0) is 23.4 Å². The first-order valence-corrected chi connectivity index (χ1v) is 3.23. The van der Waals surface area contributed by atoms with Crippen LogP contribution < -0.4 is 0 Å². The lowest BCUT2D eigenvalue weighted by atomic mass is 10.3. The lowest BCUT2D eigenvalue weighted by Gasteiger charge is -1.90. The molecule has 6 nitrogen and oxygen atoms in total. The standard InChI is InChI=1S/C6H5N5O/c7-8-4-1-2-5-6(3-4)11(12)10-9-5/h1-3,7,12H. The number of aromatic nitrogens is 3. The molecular weight excluding hydrogens is 158 g/mol. The Morgan fingerprint density at radius 3 is 3.08 bits per heavy atom. The van der Waals surface area contributed by atoms with Gasteiger partial charge in [-0.1, -0.05) is 4.85 Å². The molecule has 12 heavy (non-hydrogen) atoms. The van der Waals surface area contributed by atoms with Crippen LogP contribution in [-0.2, 0) is 0 Å². The lowest BCUT2D eigenvalue weighted by Crippen LogP contribution is -1.90. The molecule has 0 atom stereocenters. The van der Waals surface area contributed by atoms with E-state index in [0.29, 0.717) is 21.6 Å². The molecule has 0 aliphatic heterocycles. The Kier molecular flexibility index (Phi) is 1.26. The SMILES string of the molecule is N=Nc1ccc2nnn(O)c2c1. The van der Waals surface area contributed by atoms with Crippen molar-refractivity contribution >= 4 is 16.7 Å². The minimum absolute atomic E-state index is 0.448. The largest absolute Gasteiger partial charge is 0.410 e. The molecule has 0 aliphatic carbocycles. The van der Waals surface area contributed by atoms with Gasteiger partial charge in [-0.25, -0.2) is 5.53 Å². The minimum atomic E-state index is 0.448. The second-order valence-corrected chi connectivity index (χ2v) is 2.26. The van der Waals surface area contributed by atoms with E-state index >= 15 is 0 Å². The third-order valence-corrected chi connectivity index (χ3v) is 1.54. The maximum Gasteiger partial charge on any atom is 0.132 e. The Balaban J connectivity index is 2.79. The van der Waals surface area contributed by atoms with E-state index in [-0.39, 0.29) is 0 Å². The van der Waals surface area contributed by atoms with Gasteiger partial charge in [0.05, 0.1) is 5.69 Å². The molecule has 0 saturated heterocycles. The molecule has 2 aromatic rings. The van der Waals surface area contributed by atoms with Crippen molar-refractivity contribution < 1.29 is 5.21 Å². The van der Waals surface area contributed by atoms with E-state index in [1.54, 1.807) is 12.1 Å². The zero-order chi connectivity index (χ0) is 8.55. The van der Waals surface area contributed by atoms with Crippen molar-refractivity contribution in [3.63, 3.8) is 0 Å². The molecule has 0 radical (unpaired) electrons. The number of fused-ring (bicyclic) bond motifs is 1. The molecule has 1 aromatic heterocycles. The maximum absolute atomic E-state index is 9.07. The van der Waals surface area contributed by atoms with Gasteiger partial charge in [0.15, 0.2) is 0 Å². The van der Waals surface area contributed by atoms with Gasteiger partial charge in [0.2, 0.25) is 0 Å². The molecule has 2 rings (SSSR count). The van der Waals surface area contributed by atoms with Gasteiger partial charge in [-0.15, -0.1) is 5.10 Å². The molecule has 2 N–H and O–H groups in total. The van der Waals surface area contributed by atoms with Gasteiger partial charge < -0.3 is 5.21 Å². The van der Waals surface area contributed by atoms with Crippen molar-refractivity contribution in [3.8, 4) is 0 Å². The molecule has 0 amide bonds. The van der Waals surface area contributed by atoms with E-state index in [2.05, 4.69) is 15.4 Å². The molecule has 6 heteroatoms. The first-order chi connectivity index (χ1) is 5.81. The van der Waals surface area contributed by atoms with E-state index in [4.69, 9.17) is 10.7 Å². The van der Waals surface area contributed by atoms with Gasteiger partial charge in [-0.2, -0.15) is 5.11 Å².